The molecule has 26 heavy (non-hydrogen) atoms. The molecule has 1 atom stereocenters. The third-order valence-corrected chi connectivity index (χ3v) is 2.78. The average Bonchev–Trinajstić information content (AvgIpc) is 2.68. The van der Waals surface area contributed by atoms with Gasteiger partial charge >= 0.3 is 5.97 Å². The van der Waals surface area contributed by atoms with Gasteiger partial charge in [0.25, 0.3) is 0 Å². The number of carboxylic acid groups (broad SMARTS) is 1. The molecule has 1 aromatic carbocycles. The molecule has 0 amide bonds. The van der Waals surface area contributed by atoms with Crippen molar-refractivity contribution in [1.29, 1.82) is 0 Å². The summed E-state index contributed by atoms with van der Waals surface area (Å²) in [7, 11) is 0. The van der Waals surface area contributed by atoms with Crippen LogP contribution in [-0.4, -0.2) is 27.6 Å². The van der Waals surface area contributed by atoms with Crippen LogP contribution in [-0.2, 0) is 11.3 Å². The van der Waals surface area contributed by atoms with Crippen molar-refractivity contribution in [3.63, 3.8) is 0 Å². The van der Waals surface area contributed by atoms with Crippen molar-refractivity contribution in [2.75, 3.05) is 0 Å². The van der Waals surface area contributed by atoms with Crippen LogP contribution in [0.15, 0.2) is 30.3 Å². The summed E-state index contributed by atoms with van der Waals surface area (Å²) in [5.74, 6) is -1.23. The SMILES string of the molecule is CC.CC.CC.CC.CC(C)(C(NCc1ccccc1)C(=O)O)[N+](=O)[O-]. The summed E-state index contributed by atoms with van der Waals surface area (Å²) in [5.41, 5.74) is -0.691. The first kappa shape index (κ1) is 31.8. The maximum Gasteiger partial charge on any atom is 0.328 e. The minimum atomic E-state index is -1.57. The van der Waals surface area contributed by atoms with Crippen LogP contribution in [0.25, 0.3) is 0 Å². The summed E-state index contributed by atoms with van der Waals surface area (Å²) >= 11 is 0. The summed E-state index contributed by atoms with van der Waals surface area (Å²) in [6, 6.07) is 7.90. The van der Waals surface area contributed by atoms with Gasteiger partial charge in [0, 0.05) is 25.3 Å². The standard InChI is InChI=1S/C12H16N2O4.4C2H6/c1-12(2,14(17)18)10(11(15)16)13-8-9-6-4-3-5-7-9;4*1-2/h3-7,10,13H,8H2,1-2H3,(H,15,16);4*1-2H3. The van der Waals surface area contributed by atoms with Gasteiger partial charge in [0.05, 0.1) is 0 Å². The second-order valence-electron chi connectivity index (χ2n) is 4.55. The Morgan fingerprint density at radius 2 is 1.42 bits per heavy atom. The summed E-state index contributed by atoms with van der Waals surface area (Å²) < 4.78 is 0. The van der Waals surface area contributed by atoms with E-state index >= 15 is 0 Å². The molecule has 1 aromatic rings. The van der Waals surface area contributed by atoms with E-state index in [1.807, 2.05) is 85.7 Å². The van der Waals surface area contributed by atoms with Crippen molar-refractivity contribution >= 4 is 5.97 Å². The molecule has 6 heteroatoms. The lowest BCUT2D eigenvalue weighted by Gasteiger charge is -2.24. The number of nitrogens with zero attached hydrogens (tertiary/aromatic N) is 1. The monoisotopic (exact) mass is 372 g/mol. The van der Waals surface area contributed by atoms with E-state index in [1.165, 1.54) is 13.8 Å². The van der Waals surface area contributed by atoms with Crippen molar-refractivity contribution in [3.05, 3.63) is 46.0 Å². The lowest BCUT2D eigenvalue weighted by atomic mass is 9.95. The summed E-state index contributed by atoms with van der Waals surface area (Å²) in [6.45, 7) is 18.9. The fourth-order valence-corrected chi connectivity index (χ4v) is 1.56. The highest BCUT2D eigenvalue weighted by molar-refractivity contribution is 5.75. The molecule has 0 bridgehead atoms. The van der Waals surface area contributed by atoms with E-state index in [9.17, 15) is 14.9 Å². The van der Waals surface area contributed by atoms with Gasteiger partial charge in [-0.3, -0.25) is 20.2 Å². The van der Waals surface area contributed by atoms with E-state index in [2.05, 4.69) is 5.32 Å². The van der Waals surface area contributed by atoms with Crippen LogP contribution in [0, 0.1) is 10.1 Å². The zero-order valence-corrected chi connectivity index (χ0v) is 18.3. The Morgan fingerprint density at radius 3 is 1.73 bits per heavy atom. The van der Waals surface area contributed by atoms with Gasteiger partial charge in [-0.05, 0) is 5.56 Å². The van der Waals surface area contributed by atoms with Crippen LogP contribution in [0.5, 0.6) is 0 Å². The van der Waals surface area contributed by atoms with E-state index in [1.54, 1.807) is 0 Å². The lowest BCUT2D eigenvalue weighted by molar-refractivity contribution is -0.563. The zero-order valence-electron chi connectivity index (χ0n) is 18.3. The van der Waals surface area contributed by atoms with E-state index in [0.717, 1.165) is 5.56 Å². The third kappa shape index (κ3) is 13.4. The smallest absolute Gasteiger partial charge is 0.328 e. The molecule has 0 fully saturated rings. The minimum Gasteiger partial charge on any atom is -0.480 e. The summed E-state index contributed by atoms with van der Waals surface area (Å²) in [4.78, 5) is 21.4. The zero-order chi connectivity index (χ0) is 21.8. The molecule has 0 aliphatic heterocycles. The van der Waals surface area contributed by atoms with E-state index < -0.39 is 22.5 Å². The number of benzene rings is 1. The van der Waals surface area contributed by atoms with Gasteiger partial charge in [0.15, 0.2) is 6.04 Å². The second-order valence-corrected chi connectivity index (χ2v) is 4.55. The summed E-state index contributed by atoms with van der Waals surface area (Å²) in [6.07, 6.45) is 0. The first-order valence-corrected chi connectivity index (χ1v) is 9.50. The fraction of sp³-hybridized carbons (Fsp3) is 0.650. The molecule has 1 rings (SSSR count). The molecule has 154 valence electrons. The van der Waals surface area contributed by atoms with Gasteiger partial charge < -0.3 is 5.11 Å². The Bertz CT molecular complexity index is 435. The Labute approximate surface area is 160 Å². The predicted molar refractivity (Wildman–Crippen MR) is 111 cm³/mol. The van der Waals surface area contributed by atoms with Crippen LogP contribution in [0.2, 0.25) is 0 Å². The molecule has 0 aromatic heterocycles. The molecule has 0 saturated heterocycles. The van der Waals surface area contributed by atoms with Gasteiger partial charge in [0.1, 0.15) is 0 Å². The van der Waals surface area contributed by atoms with Gasteiger partial charge in [-0.1, -0.05) is 85.7 Å². The average molecular weight is 373 g/mol. The van der Waals surface area contributed by atoms with Crippen molar-refractivity contribution in [2.24, 2.45) is 0 Å². The van der Waals surface area contributed by atoms with Gasteiger partial charge in [0.2, 0.25) is 5.54 Å². The minimum absolute atomic E-state index is 0.273. The van der Waals surface area contributed by atoms with E-state index in [4.69, 9.17) is 5.11 Å². The Balaban J connectivity index is -0.000000266. The van der Waals surface area contributed by atoms with E-state index in [-0.39, 0.29) is 6.54 Å². The number of rotatable bonds is 6. The molecule has 0 aliphatic carbocycles. The second kappa shape index (κ2) is 21.1. The van der Waals surface area contributed by atoms with Crippen LogP contribution in [0.4, 0.5) is 0 Å². The highest BCUT2D eigenvalue weighted by atomic mass is 16.6. The first-order chi connectivity index (χ1) is 12.4. The fourth-order valence-electron chi connectivity index (χ4n) is 1.56. The molecule has 0 radical (unpaired) electrons. The third-order valence-electron chi connectivity index (χ3n) is 2.78. The highest BCUT2D eigenvalue weighted by Crippen LogP contribution is 2.15. The molecule has 0 heterocycles. The maximum absolute atomic E-state index is 11.1. The molecule has 0 aliphatic rings. The molecule has 0 saturated carbocycles. The summed E-state index contributed by atoms with van der Waals surface area (Å²) in [5, 5.41) is 22.7. The number of carboxylic acids is 1. The van der Waals surface area contributed by atoms with Crippen LogP contribution in [0.1, 0.15) is 74.8 Å². The van der Waals surface area contributed by atoms with Crippen molar-refractivity contribution in [1.82, 2.24) is 5.32 Å². The van der Waals surface area contributed by atoms with Crippen LogP contribution < -0.4 is 5.32 Å². The molecule has 0 spiro atoms. The predicted octanol–water partition coefficient (Wildman–Crippen LogP) is 5.39. The van der Waals surface area contributed by atoms with E-state index in [0.29, 0.717) is 0 Å². The molecule has 6 nitrogen and oxygen atoms in total. The lowest BCUT2D eigenvalue weighted by Crippen LogP contribution is -2.56. The first-order valence-electron chi connectivity index (χ1n) is 9.50. The van der Waals surface area contributed by atoms with Crippen LogP contribution in [0.3, 0.4) is 0 Å². The normalized spacial score (nSPS) is 9.92. The number of aliphatic carboxylic acids is 1. The number of nitro groups is 1. The van der Waals surface area contributed by atoms with Gasteiger partial charge in [-0.25, -0.2) is 0 Å². The topological polar surface area (TPSA) is 92.5 Å². The Hall–Kier alpha value is -1.95. The van der Waals surface area contributed by atoms with Crippen molar-refractivity contribution in [2.45, 2.75) is 87.4 Å². The highest BCUT2D eigenvalue weighted by Gasteiger charge is 2.45. The largest absolute Gasteiger partial charge is 0.480 e. The Morgan fingerprint density at radius 1 is 1.04 bits per heavy atom. The number of carbonyl (C=O) groups is 1. The quantitative estimate of drug-likeness (QED) is 0.516. The number of nitrogens with one attached hydrogen (secondary N) is 1. The number of hydrogen-bond acceptors (Lipinski definition) is 4. The number of hydrogen-bond donors (Lipinski definition) is 2. The molecular formula is C20H40N2O4. The Kier molecular flexibility index (Phi) is 25.8. The van der Waals surface area contributed by atoms with Gasteiger partial charge in [-0.2, -0.15) is 0 Å². The van der Waals surface area contributed by atoms with Crippen LogP contribution >= 0.6 is 0 Å². The molecule has 2 N–H and O–H groups in total. The van der Waals surface area contributed by atoms with Crippen molar-refractivity contribution in [3.8, 4) is 0 Å². The van der Waals surface area contributed by atoms with Crippen molar-refractivity contribution < 1.29 is 14.8 Å². The van der Waals surface area contributed by atoms with Gasteiger partial charge in [-0.15, -0.1) is 0 Å². The maximum atomic E-state index is 11.1. The molecular weight excluding hydrogens is 332 g/mol. The molecule has 1 unspecified atom stereocenters.